The Hall–Kier alpha value is -1.46. The summed E-state index contributed by atoms with van der Waals surface area (Å²) in [7, 11) is 0. The van der Waals surface area contributed by atoms with Crippen LogP contribution in [0.3, 0.4) is 0 Å². The molecule has 0 unspecified atom stereocenters. The van der Waals surface area contributed by atoms with Crippen molar-refractivity contribution in [3.63, 3.8) is 0 Å². The molecule has 1 aromatic rings. The first-order valence-corrected chi connectivity index (χ1v) is 4.45. The molecule has 2 nitrogen and oxygen atoms in total. The van der Waals surface area contributed by atoms with Crippen LogP contribution in [0.5, 0.6) is 0 Å². The normalized spacial score (nSPS) is 9.00. The first-order chi connectivity index (χ1) is 6.61. The Balaban J connectivity index is 2.90. The van der Waals surface area contributed by atoms with E-state index in [1.165, 1.54) is 0 Å². The minimum atomic E-state index is -0.919. The molecule has 0 bridgehead atoms. The Morgan fingerprint density at radius 3 is 2.93 bits per heavy atom. The number of hydrogen-bond donors (Lipinski definition) is 1. The molecule has 0 aliphatic carbocycles. The second kappa shape index (κ2) is 4.69. The van der Waals surface area contributed by atoms with E-state index in [4.69, 9.17) is 16.7 Å². The fraction of sp³-hybridized carbons (Fsp3) is 0.182. The highest BCUT2D eigenvalue weighted by molar-refractivity contribution is 6.31. The average molecular weight is 209 g/mol. The molecule has 72 valence electrons. The zero-order valence-corrected chi connectivity index (χ0v) is 8.43. The first kappa shape index (κ1) is 10.6. The lowest BCUT2D eigenvalue weighted by Crippen LogP contribution is -1.90. The maximum absolute atomic E-state index is 10.2. The summed E-state index contributed by atoms with van der Waals surface area (Å²) in [6.07, 6.45) is -0.147. The molecule has 0 fully saturated rings. The smallest absolute Gasteiger partial charge is 0.315 e. The minimum Gasteiger partial charge on any atom is -0.481 e. The van der Waals surface area contributed by atoms with Gasteiger partial charge >= 0.3 is 5.97 Å². The molecule has 1 aromatic carbocycles. The van der Waals surface area contributed by atoms with Gasteiger partial charge in [0.1, 0.15) is 6.42 Å². The maximum Gasteiger partial charge on any atom is 0.315 e. The molecule has 1 rings (SSSR count). The predicted molar refractivity (Wildman–Crippen MR) is 55.3 cm³/mol. The topological polar surface area (TPSA) is 37.3 Å². The van der Waals surface area contributed by atoms with Crippen molar-refractivity contribution >= 4 is 17.6 Å². The Kier molecular flexibility index (Phi) is 3.55. The van der Waals surface area contributed by atoms with Crippen LogP contribution in [-0.4, -0.2) is 11.1 Å². The molecule has 0 aromatic heterocycles. The van der Waals surface area contributed by atoms with E-state index in [-0.39, 0.29) is 6.42 Å². The van der Waals surface area contributed by atoms with Gasteiger partial charge in [-0.15, -0.1) is 0 Å². The Bertz CT molecular complexity index is 413. The standard InChI is InChI=1S/C11H9ClO2/c1-8-9(4-2-6-10(8)12)5-3-7-11(13)14/h2,4,6H,7H2,1H3,(H,13,14). The van der Waals surface area contributed by atoms with Crippen LogP contribution >= 0.6 is 11.6 Å². The van der Waals surface area contributed by atoms with Crippen molar-refractivity contribution in [3.8, 4) is 11.8 Å². The minimum absolute atomic E-state index is 0.147. The highest BCUT2D eigenvalue weighted by Crippen LogP contribution is 2.17. The summed E-state index contributed by atoms with van der Waals surface area (Å²) in [5, 5.41) is 9.03. The number of halogens is 1. The van der Waals surface area contributed by atoms with Crippen molar-refractivity contribution in [2.45, 2.75) is 13.3 Å². The molecule has 0 spiro atoms. The van der Waals surface area contributed by atoms with Crippen molar-refractivity contribution in [2.24, 2.45) is 0 Å². The van der Waals surface area contributed by atoms with Crippen LogP contribution in [0.25, 0.3) is 0 Å². The number of carbonyl (C=O) groups is 1. The zero-order valence-electron chi connectivity index (χ0n) is 7.67. The molecule has 0 saturated heterocycles. The predicted octanol–water partition coefficient (Wildman–Crippen LogP) is 2.47. The number of carboxylic acids is 1. The van der Waals surface area contributed by atoms with E-state index in [1.807, 2.05) is 13.0 Å². The molecule has 0 amide bonds. The molecule has 0 aliphatic heterocycles. The van der Waals surface area contributed by atoms with Gasteiger partial charge in [-0.05, 0) is 24.6 Å². The summed E-state index contributed by atoms with van der Waals surface area (Å²) in [4.78, 5) is 10.2. The summed E-state index contributed by atoms with van der Waals surface area (Å²) in [5.74, 6) is 4.41. The van der Waals surface area contributed by atoms with E-state index in [9.17, 15) is 4.79 Å². The summed E-state index contributed by atoms with van der Waals surface area (Å²) < 4.78 is 0. The van der Waals surface area contributed by atoms with Crippen molar-refractivity contribution in [1.29, 1.82) is 0 Å². The summed E-state index contributed by atoms with van der Waals surface area (Å²) >= 11 is 5.87. The first-order valence-electron chi connectivity index (χ1n) is 4.07. The maximum atomic E-state index is 10.2. The van der Waals surface area contributed by atoms with Gasteiger partial charge < -0.3 is 5.11 Å². The third kappa shape index (κ3) is 2.79. The highest BCUT2D eigenvalue weighted by Gasteiger charge is 1.98. The van der Waals surface area contributed by atoms with E-state index in [0.29, 0.717) is 5.02 Å². The molecular formula is C11H9ClO2. The van der Waals surface area contributed by atoms with E-state index in [0.717, 1.165) is 11.1 Å². The van der Waals surface area contributed by atoms with Crippen LogP contribution < -0.4 is 0 Å². The lowest BCUT2D eigenvalue weighted by atomic mass is 10.1. The van der Waals surface area contributed by atoms with Gasteiger partial charge in [0.15, 0.2) is 0 Å². The van der Waals surface area contributed by atoms with Crippen molar-refractivity contribution in [3.05, 3.63) is 34.3 Å². The van der Waals surface area contributed by atoms with Crippen LogP contribution in [0.2, 0.25) is 5.02 Å². The van der Waals surface area contributed by atoms with Gasteiger partial charge in [0.2, 0.25) is 0 Å². The lowest BCUT2D eigenvalue weighted by Gasteiger charge is -1.98. The van der Waals surface area contributed by atoms with Crippen LogP contribution in [-0.2, 0) is 4.79 Å². The fourth-order valence-electron chi connectivity index (χ4n) is 0.958. The molecule has 0 aliphatic rings. The molecule has 0 saturated carbocycles. The number of aliphatic carboxylic acids is 1. The van der Waals surface area contributed by atoms with Gasteiger partial charge in [-0.25, -0.2) is 0 Å². The third-order valence-corrected chi connectivity index (χ3v) is 2.14. The molecule has 1 N–H and O–H groups in total. The Morgan fingerprint density at radius 1 is 1.57 bits per heavy atom. The van der Waals surface area contributed by atoms with Crippen molar-refractivity contribution in [1.82, 2.24) is 0 Å². The second-order valence-electron chi connectivity index (χ2n) is 2.78. The number of carboxylic acid groups (broad SMARTS) is 1. The number of hydrogen-bond acceptors (Lipinski definition) is 1. The van der Waals surface area contributed by atoms with Crippen LogP contribution in [0.15, 0.2) is 18.2 Å². The zero-order chi connectivity index (χ0) is 10.6. The van der Waals surface area contributed by atoms with Gasteiger partial charge in [-0.3, -0.25) is 4.79 Å². The Labute approximate surface area is 87.5 Å². The summed E-state index contributed by atoms with van der Waals surface area (Å²) in [6, 6.07) is 5.38. The van der Waals surface area contributed by atoms with Gasteiger partial charge in [-0.2, -0.15) is 0 Å². The van der Waals surface area contributed by atoms with Gasteiger partial charge in [0, 0.05) is 10.6 Å². The van der Waals surface area contributed by atoms with Gasteiger partial charge in [-0.1, -0.05) is 29.5 Å². The lowest BCUT2D eigenvalue weighted by molar-refractivity contribution is -0.135. The molecule has 14 heavy (non-hydrogen) atoms. The summed E-state index contributed by atoms with van der Waals surface area (Å²) in [6.45, 7) is 1.85. The number of benzene rings is 1. The van der Waals surface area contributed by atoms with E-state index < -0.39 is 5.97 Å². The number of rotatable bonds is 1. The Morgan fingerprint density at radius 2 is 2.29 bits per heavy atom. The van der Waals surface area contributed by atoms with Crippen LogP contribution in [0.1, 0.15) is 17.5 Å². The van der Waals surface area contributed by atoms with E-state index >= 15 is 0 Å². The average Bonchev–Trinajstić information content (AvgIpc) is 2.12. The van der Waals surface area contributed by atoms with Gasteiger partial charge in [0.25, 0.3) is 0 Å². The monoisotopic (exact) mass is 208 g/mol. The van der Waals surface area contributed by atoms with Crippen molar-refractivity contribution < 1.29 is 9.90 Å². The third-order valence-electron chi connectivity index (χ3n) is 1.73. The molecule has 0 atom stereocenters. The quantitative estimate of drug-likeness (QED) is 0.720. The summed E-state index contributed by atoms with van der Waals surface area (Å²) in [5.41, 5.74) is 1.66. The largest absolute Gasteiger partial charge is 0.481 e. The molecule has 0 radical (unpaired) electrons. The van der Waals surface area contributed by atoms with E-state index in [1.54, 1.807) is 12.1 Å². The van der Waals surface area contributed by atoms with Gasteiger partial charge in [0.05, 0.1) is 0 Å². The van der Waals surface area contributed by atoms with Crippen molar-refractivity contribution in [2.75, 3.05) is 0 Å². The molecule has 3 heteroatoms. The fourth-order valence-corrected chi connectivity index (χ4v) is 1.13. The second-order valence-corrected chi connectivity index (χ2v) is 3.19. The molecular weight excluding hydrogens is 200 g/mol. The SMILES string of the molecule is Cc1c(Cl)cccc1C#CCC(=O)O. The van der Waals surface area contributed by atoms with Crippen LogP contribution in [0.4, 0.5) is 0 Å². The van der Waals surface area contributed by atoms with Crippen LogP contribution in [0, 0.1) is 18.8 Å². The molecule has 0 heterocycles. The highest BCUT2D eigenvalue weighted by atomic mass is 35.5. The van der Waals surface area contributed by atoms with E-state index in [2.05, 4.69) is 11.8 Å².